The number of esters is 1. The summed E-state index contributed by atoms with van der Waals surface area (Å²) in [5, 5.41) is 10.8. The Morgan fingerprint density at radius 3 is 2.23 bits per heavy atom. The number of carbonyl (C=O) groups is 3. The highest BCUT2D eigenvalue weighted by atomic mass is 32.2. The van der Waals surface area contributed by atoms with Crippen molar-refractivity contribution in [2.24, 2.45) is 0 Å². The zero-order valence-corrected chi connectivity index (χ0v) is 12.2. The maximum atomic E-state index is 12.0. The summed E-state index contributed by atoms with van der Waals surface area (Å²) in [7, 11) is -3.51. The van der Waals surface area contributed by atoms with Gasteiger partial charge in [-0.15, -0.1) is 0 Å². The van der Waals surface area contributed by atoms with Crippen LogP contribution in [-0.4, -0.2) is 54.8 Å². The second kappa shape index (κ2) is 7.00. The lowest BCUT2D eigenvalue weighted by atomic mass is 10.1. The van der Waals surface area contributed by atoms with Crippen molar-refractivity contribution < 1.29 is 37.2 Å². The van der Waals surface area contributed by atoms with Crippen LogP contribution in [-0.2, 0) is 19.6 Å². The maximum Gasteiger partial charge on any atom is 0.338 e. The number of rotatable bonds is 6. The Kier molecular flexibility index (Phi) is 5.60. The van der Waals surface area contributed by atoms with Gasteiger partial charge in [0.15, 0.2) is 0 Å². The lowest BCUT2D eigenvalue weighted by Crippen LogP contribution is -2.45. The van der Waals surface area contributed by atoms with Gasteiger partial charge in [-0.1, -0.05) is 12.1 Å². The van der Waals surface area contributed by atoms with Gasteiger partial charge >= 0.3 is 11.9 Å². The van der Waals surface area contributed by atoms with E-state index >= 15 is 0 Å². The summed E-state index contributed by atoms with van der Waals surface area (Å²) in [6.07, 6.45) is 0. The number of carboxylic acids is 1. The van der Waals surface area contributed by atoms with Crippen LogP contribution in [0.4, 0.5) is 0 Å². The van der Waals surface area contributed by atoms with E-state index < -0.39 is 39.8 Å². The zero-order chi connectivity index (χ0) is 16.9. The van der Waals surface area contributed by atoms with E-state index in [-0.39, 0.29) is 11.1 Å². The molecule has 1 rings (SSSR count). The molecule has 0 aliphatic heterocycles. The van der Waals surface area contributed by atoms with E-state index in [9.17, 15) is 22.8 Å². The highest BCUT2D eigenvalue weighted by molar-refractivity contribution is 7.85. The van der Waals surface area contributed by atoms with Crippen LogP contribution in [0.5, 0.6) is 0 Å². The Morgan fingerprint density at radius 1 is 1.23 bits per heavy atom. The van der Waals surface area contributed by atoms with Gasteiger partial charge in [0.25, 0.3) is 16.0 Å². The molecular formula is C12H13NO8S. The third-order valence-corrected chi connectivity index (χ3v) is 3.31. The van der Waals surface area contributed by atoms with E-state index in [0.717, 1.165) is 7.11 Å². The summed E-state index contributed by atoms with van der Waals surface area (Å²) in [6, 6.07) is 3.57. The van der Waals surface area contributed by atoms with Gasteiger partial charge in [-0.05, 0) is 12.1 Å². The average Bonchev–Trinajstić information content (AvgIpc) is 2.44. The largest absolute Gasteiger partial charge is 0.480 e. The third-order valence-electron chi connectivity index (χ3n) is 2.56. The monoisotopic (exact) mass is 331 g/mol. The van der Waals surface area contributed by atoms with Crippen molar-refractivity contribution in [2.75, 3.05) is 12.9 Å². The fraction of sp³-hybridized carbons (Fsp3) is 0.250. The zero-order valence-electron chi connectivity index (χ0n) is 11.3. The van der Waals surface area contributed by atoms with Crippen molar-refractivity contribution in [3.8, 4) is 0 Å². The first-order chi connectivity index (χ1) is 10.2. The van der Waals surface area contributed by atoms with Crippen molar-refractivity contribution in [3.63, 3.8) is 0 Å². The number of carbonyl (C=O) groups excluding carboxylic acids is 2. The van der Waals surface area contributed by atoms with Crippen LogP contribution in [0.25, 0.3) is 0 Å². The first-order valence-electron chi connectivity index (χ1n) is 5.82. The van der Waals surface area contributed by atoms with Crippen LogP contribution in [0.15, 0.2) is 24.3 Å². The number of aliphatic carboxylic acids is 1. The maximum absolute atomic E-state index is 12.0. The summed E-state index contributed by atoms with van der Waals surface area (Å²) in [6.45, 7) is 0. The van der Waals surface area contributed by atoms with Crippen LogP contribution >= 0.6 is 0 Å². The number of nitrogens with one attached hydrogen (secondary N) is 1. The van der Waals surface area contributed by atoms with Gasteiger partial charge < -0.3 is 15.2 Å². The lowest BCUT2D eigenvalue weighted by Gasteiger charge is -2.14. The number of amides is 1. The Labute approximate surface area is 125 Å². The molecule has 0 saturated carbocycles. The minimum atomic E-state index is -4.61. The van der Waals surface area contributed by atoms with Crippen molar-refractivity contribution in [1.82, 2.24) is 5.32 Å². The standard InChI is InChI=1S/C12H13NO8S/c1-21-12(17)8-5-3-2-4-7(8)10(14)13-9(11(15)16)6-22(18,19)20/h2-5,9H,6H2,1H3,(H,13,14)(H,15,16)(H,18,19,20). The SMILES string of the molecule is COC(=O)c1ccccc1C(=O)NC(CS(=O)(=O)O)C(=O)O. The molecule has 0 heterocycles. The second-order valence-electron chi connectivity index (χ2n) is 4.15. The van der Waals surface area contributed by atoms with Crippen LogP contribution in [0.1, 0.15) is 20.7 Å². The molecule has 0 saturated heterocycles. The molecule has 0 fully saturated rings. The van der Waals surface area contributed by atoms with Crippen LogP contribution in [0.3, 0.4) is 0 Å². The van der Waals surface area contributed by atoms with Crippen molar-refractivity contribution >= 4 is 28.0 Å². The molecule has 120 valence electrons. The fourth-order valence-electron chi connectivity index (χ4n) is 1.59. The van der Waals surface area contributed by atoms with Gasteiger partial charge in [0.1, 0.15) is 11.8 Å². The molecule has 3 N–H and O–H groups in total. The summed E-state index contributed by atoms with van der Waals surface area (Å²) in [4.78, 5) is 34.5. The fourth-order valence-corrected chi connectivity index (χ4v) is 2.24. The summed E-state index contributed by atoms with van der Waals surface area (Å²) in [5.74, 6) is -4.65. The van der Waals surface area contributed by atoms with E-state index in [1.54, 1.807) is 0 Å². The van der Waals surface area contributed by atoms with Gasteiger partial charge in [-0.25, -0.2) is 9.59 Å². The highest BCUT2D eigenvalue weighted by Gasteiger charge is 2.27. The van der Waals surface area contributed by atoms with Crippen molar-refractivity contribution in [2.45, 2.75) is 6.04 Å². The van der Waals surface area contributed by atoms with E-state index in [0.29, 0.717) is 0 Å². The molecule has 0 aromatic heterocycles. The van der Waals surface area contributed by atoms with Crippen molar-refractivity contribution in [3.05, 3.63) is 35.4 Å². The van der Waals surface area contributed by atoms with E-state index in [1.165, 1.54) is 24.3 Å². The molecule has 1 atom stereocenters. The molecule has 22 heavy (non-hydrogen) atoms. The minimum Gasteiger partial charge on any atom is -0.480 e. The summed E-state index contributed by atoms with van der Waals surface area (Å²) < 4.78 is 34.7. The Morgan fingerprint density at radius 2 is 1.77 bits per heavy atom. The first kappa shape index (κ1) is 17.6. The predicted molar refractivity (Wildman–Crippen MR) is 73.1 cm³/mol. The third kappa shape index (κ3) is 4.82. The van der Waals surface area contributed by atoms with Gasteiger partial charge in [0.05, 0.1) is 18.2 Å². The molecule has 0 bridgehead atoms. The van der Waals surface area contributed by atoms with Gasteiger partial charge in [-0.2, -0.15) is 8.42 Å². The topological polar surface area (TPSA) is 147 Å². The Hall–Kier alpha value is -2.46. The normalized spacial score (nSPS) is 12.3. The van der Waals surface area contributed by atoms with Gasteiger partial charge in [0.2, 0.25) is 0 Å². The number of benzene rings is 1. The lowest BCUT2D eigenvalue weighted by molar-refractivity contribution is -0.138. The predicted octanol–water partition coefficient (Wildman–Crippen LogP) is -0.456. The Bertz CT molecular complexity index is 697. The second-order valence-corrected chi connectivity index (χ2v) is 5.65. The molecule has 1 aromatic rings. The van der Waals surface area contributed by atoms with Gasteiger partial charge in [-0.3, -0.25) is 9.35 Å². The number of ether oxygens (including phenoxy) is 1. The Balaban J connectivity index is 3.06. The molecule has 0 radical (unpaired) electrons. The summed E-state index contributed by atoms with van der Waals surface area (Å²) >= 11 is 0. The number of methoxy groups -OCH3 is 1. The molecular weight excluding hydrogens is 318 g/mol. The highest BCUT2D eigenvalue weighted by Crippen LogP contribution is 2.10. The molecule has 0 aliphatic carbocycles. The van der Waals surface area contributed by atoms with Crippen molar-refractivity contribution in [1.29, 1.82) is 0 Å². The molecule has 0 aliphatic rings. The minimum absolute atomic E-state index is 0.113. The van der Waals surface area contributed by atoms with E-state index in [4.69, 9.17) is 9.66 Å². The van der Waals surface area contributed by atoms with Crippen LogP contribution in [0, 0.1) is 0 Å². The molecule has 0 spiro atoms. The molecule has 9 nitrogen and oxygen atoms in total. The number of carboxylic acid groups (broad SMARTS) is 1. The molecule has 1 amide bonds. The quantitative estimate of drug-likeness (QED) is 0.469. The summed E-state index contributed by atoms with van der Waals surface area (Å²) in [5.41, 5.74) is -0.297. The van der Waals surface area contributed by atoms with Crippen LogP contribution in [0.2, 0.25) is 0 Å². The average molecular weight is 331 g/mol. The van der Waals surface area contributed by atoms with E-state index in [1.807, 2.05) is 5.32 Å². The smallest absolute Gasteiger partial charge is 0.338 e. The van der Waals surface area contributed by atoms with E-state index in [2.05, 4.69) is 4.74 Å². The van der Waals surface area contributed by atoms with Gasteiger partial charge in [0, 0.05) is 0 Å². The molecule has 1 unspecified atom stereocenters. The first-order valence-corrected chi connectivity index (χ1v) is 7.43. The molecule has 1 aromatic carbocycles. The number of hydrogen-bond donors (Lipinski definition) is 3. The number of hydrogen-bond acceptors (Lipinski definition) is 6. The van der Waals surface area contributed by atoms with Crippen LogP contribution < -0.4 is 5.32 Å². The molecule has 10 heteroatoms.